The second kappa shape index (κ2) is 6.72. The molecule has 0 spiro atoms. The summed E-state index contributed by atoms with van der Waals surface area (Å²) in [5, 5.41) is 0. The molecule has 0 radical (unpaired) electrons. The second-order valence-corrected chi connectivity index (χ2v) is 5.51. The van der Waals surface area contributed by atoms with Gasteiger partial charge in [-0.25, -0.2) is 0 Å². The van der Waals surface area contributed by atoms with Crippen molar-refractivity contribution >= 4 is 17.7 Å². The molecule has 0 aromatic heterocycles. The number of hydrogen-bond acceptors (Lipinski definition) is 3. The van der Waals surface area contributed by atoms with Crippen molar-refractivity contribution in [1.29, 1.82) is 0 Å². The molecule has 3 amide bonds. The van der Waals surface area contributed by atoms with Crippen LogP contribution in [0.1, 0.15) is 32.6 Å². The van der Waals surface area contributed by atoms with Crippen molar-refractivity contribution in [1.82, 2.24) is 14.7 Å². The number of likely N-dealkylation sites (tertiary alicyclic amines) is 1. The van der Waals surface area contributed by atoms with Crippen LogP contribution in [0.5, 0.6) is 0 Å². The fourth-order valence-electron chi connectivity index (χ4n) is 2.74. The molecule has 0 unspecified atom stereocenters. The summed E-state index contributed by atoms with van der Waals surface area (Å²) in [4.78, 5) is 40.5. The average molecular weight is 281 g/mol. The fraction of sp³-hybridized carbons (Fsp3) is 0.786. The zero-order chi connectivity index (χ0) is 14.5. The number of rotatable bonds is 2. The third-order valence-corrected chi connectivity index (χ3v) is 4.08. The number of nitrogens with zero attached hydrogens (tertiary/aromatic N) is 3. The molecule has 0 aromatic carbocycles. The Labute approximate surface area is 119 Å². The number of carbonyl (C=O) groups excluding carboxylic acids is 3. The Bertz CT molecular complexity index is 389. The van der Waals surface area contributed by atoms with E-state index in [2.05, 4.69) is 0 Å². The summed E-state index contributed by atoms with van der Waals surface area (Å²) >= 11 is 0. The minimum atomic E-state index is 0.00320. The quantitative estimate of drug-likeness (QED) is 0.720. The van der Waals surface area contributed by atoms with Crippen LogP contribution in [0.15, 0.2) is 0 Å². The molecule has 112 valence electrons. The van der Waals surface area contributed by atoms with E-state index in [1.54, 1.807) is 21.6 Å². The van der Waals surface area contributed by atoms with Crippen LogP contribution in [0.25, 0.3) is 0 Å². The molecule has 0 atom stereocenters. The first-order chi connectivity index (χ1) is 9.58. The first kappa shape index (κ1) is 14.8. The molecular weight excluding hydrogens is 258 g/mol. The smallest absolute Gasteiger partial charge is 0.242 e. The SMILES string of the molecule is CC(=O)N1CCN(C(=O)CN2CCCCCC2=O)CC1. The predicted octanol–water partition coefficient (Wildman–Crippen LogP) is 0.0797. The monoisotopic (exact) mass is 281 g/mol. The van der Waals surface area contributed by atoms with Gasteiger partial charge in [0.15, 0.2) is 0 Å². The van der Waals surface area contributed by atoms with Crippen molar-refractivity contribution < 1.29 is 14.4 Å². The van der Waals surface area contributed by atoms with Gasteiger partial charge in [-0.15, -0.1) is 0 Å². The molecule has 2 rings (SSSR count). The molecule has 2 aliphatic heterocycles. The van der Waals surface area contributed by atoms with Gasteiger partial charge in [0.25, 0.3) is 0 Å². The molecule has 0 aliphatic carbocycles. The van der Waals surface area contributed by atoms with Crippen LogP contribution in [0.4, 0.5) is 0 Å². The van der Waals surface area contributed by atoms with Crippen LogP contribution in [-0.2, 0) is 14.4 Å². The van der Waals surface area contributed by atoms with Gasteiger partial charge in [-0.1, -0.05) is 6.42 Å². The molecular formula is C14H23N3O3. The lowest BCUT2D eigenvalue weighted by Gasteiger charge is -2.35. The minimum Gasteiger partial charge on any atom is -0.339 e. The van der Waals surface area contributed by atoms with E-state index >= 15 is 0 Å². The maximum absolute atomic E-state index is 12.2. The van der Waals surface area contributed by atoms with Crippen molar-refractivity contribution in [3.05, 3.63) is 0 Å². The summed E-state index contributed by atoms with van der Waals surface area (Å²) in [6.45, 7) is 4.76. The van der Waals surface area contributed by atoms with Gasteiger partial charge in [0.1, 0.15) is 0 Å². The van der Waals surface area contributed by atoms with E-state index in [1.165, 1.54) is 0 Å². The van der Waals surface area contributed by atoms with E-state index in [4.69, 9.17) is 0 Å². The van der Waals surface area contributed by atoms with Crippen LogP contribution < -0.4 is 0 Å². The van der Waals surface area contributed by atoms with Crippen molar-refractivity contribution in [2.45, 2.75) is 32.6 Å². The van der Waals surface area contributed by atoms with Gasteiger partial charge in [0, 0.05) is 46.1 Å². The van der Waals surface area contributed by atoms with E-state index < -0.39 is 0 Å². The Hall–Kier alpha value is -1.59. The summed E-state index contributed by atoms with van der Waals surface area (Å²) in [5.74, 6) is 0.154. The van der Waals surface area contributed by atoms with E-state index in [0.29, 0.717) is 39.1 Å². The lowest BCUT2D eigenvalue weighted by molar-refractivity contribution is -0.143. The third-order valence-electron chi connectivity index (χ3n) is 4.08. The van der Waals surface area contributed by atoms with Crippen molar-refractivity contribution in [3.8, 4) is 0 Å². The van der Waals surface area contributed by atoms with Crippen LogP contribution in [-0.4, -0.2) is 71.7 Å². The van der Waals surface area contributed by atoms with Crippen LogP contribution in [0.2, 0.25) is 0 Å². The lowest BCUT2D eigenvalue weighted by atomic mass is 10.2. The van der Waals surface area contributed by atoms with E-state index in [-0.39, 0.29) is 24.3 Å². The Morgan fingerprint density at radius 3 is 2.25 bits per heavy atom. The highest BCUT2D eigenvalue weighted by atomic mass is 16.2. The fourth-order valence-corrected chi connectivity index (χ4v) is 2.74. The van der Waals surface area contributed by atoms with Gasteiger partial charge in [0.2, 0.25) is 17.7 Å². The Morgan fingerprint density at radius 2 is 1.60 bits per heavy atom. The van der Waals surface area contributed by atoms with E-state index in [0.717, 1.165) is 19.3 Å². The zero-order valence-electron chi connectivity index (χ0n) is 12.1. The van der Waals surface area contributed by atoms with Crippen LogP contribution in [0, 0.1) is 0 Å². The van der Waals surface area contributed by atoms with Gasteiger partial charge in [-0.05, 0) is 12.8 Å². The second-order valence-electron chi connectivity index (χ2n) is 5.51. The molecule has 6 heteroatoms. The highest BCUT2D eigenvalue weighted by Crippen LogP contribution is 2.12. The Kier molecular flexibility index (Phi) is 4.98. The third kappa shape index (κ3) is 3.71. The Morgan fingerprint density at radius 1 is 0.950 bits per heavy atom. The standard InChI is InChI=1S/C14H23N3O3/c1-12(18)15-7-9-16(10-8-15)14(20)11-17-6-4-2-3-5-13(17)19/h2-11H2,1H3. The minimum absolute atomic E-state index is 0.00320. The maximum atomic E-state index is 12.2. The Balaban J connectivity index is 1.83. The van der Waals surface area contributed by atoms with Gasteiger partial charge < -0.3 is 14.7 Å². The van der Waals surface area contributed by atoms with Gasteiger partial charge in [-0.2, -0.15) is 0 Å². The molecule has 2 aliphatic rings. The van der Waals surface area contributed by atoms with Gasteiger partial charge >= 0.3 is 0 Å². The largest absolute Gasteiger partial charge is 0.339 e. The summed E-state index contributed by atoms with van der Waals surface area (Å²) in [6.07, 6.45) is 3.54. The molecule has 2 heterocycles. The number of carbonyl (C=O) groups is 3. The van der Waals surface area contributed by atoms with E-state index in [1.807, 2.05) is 0 Å². The topological polar surface area (TPSA) is 60.9 Å². The molecule has 20 heavy (non-hydrogen) atoms. The van der Waals surface area contributed by atoms with Gasteiger partial charge in [0.05, 0.1) is 6.54 Å². The van der Waals surface area contributed by atoms with Gasteiger partial charge in [-0.3, -0.25) is 14.4 Å². The van der Waals surface area contributed by atoms with Crippen molar-refractivity contribution in [2.75, 3.05) is 39.3 Å². The predicted molar refractivity (Wildman–Crippen MR) is 73.9 cm³/mol. The molecule has 2 saturated heterocycles. The molecule has 0 bridgehead atoms. The van der Waals surface area contributed by atoms with Crippen molar-refractivity contribution in [3.63, 3.8) is 0 Å². The first-order valence-electron chi connectivity index (χ1n) is 7.39. The molecule has 2 fully saturated rings. The first-order valence-corrected chi connectivity index (χ1v) is 7.39. The number of piperazine rings is 1. The summed E-state index contributed by atoms with van der Waals surface area (Å²) < 4.78 is 0. The average Bonchev–Trinajstić information content (AvgIpc) is 2.64. The molecule has 0 N–H and O–H groups in total. The maximum Gasteiger partial charge on any atom is 0.242 e. The molecule has 0 saturated carbocycles. The van der Waals surface area contributed by atoms with E-state index in [9.17, 15) is 14.4 Å². The number of hydrogen-bond donors (Lipinski definition) is 0. The van der Waals surface area contributed by atoms with Crippen LogP contribution >= 0.6 is 0 Å². The highest BCUT2D eigenvalue weighted by Gasteiger charge is 2.25. The summed E-state index contributed by atoms with van der Waals surface area (Å²) in [7, 11) is 0. The lowest BCUT2D eigenvalue weighted by Crippen LogP contribution is -2.52. The normalized spacial score (nSPS) is 20.9. The zero-order valence-corrected chi connectivity index (χ0v) is 12.1. The van der Waals surface area contributed by atoms with Crippen molar-refractivity contribution in [2.24, 2.45) is 0 Å². The highest BCUT2D eigenvalue weighted by molar-refractivity contribution is 5.85. The summed E-state index contributed by atoms with van der Waals surface area (Å²) in [6, 6.07) is 0. The molecule has 0 aromatic rings. The summed E-state index contributed by atoms with van der Waals surface area (Å²) in [5.41, 5.74) is 0. The molecule has 6 nitrogen and oxygen atoms in total. The van der Waals surface area contributed by atoms with Crippen LogP contribution in [0.3, 0.4) is 0 Å². The number of amides is 3.